The monoisotopic (exact) mass is 294 g/mol. The van der Waals surface area contributed by atoms with Crippen LogP contribution in [-0.2, 0) is 0 Å². The third kappa shape index (κ3) is 3.08. The van der Waals surface area contributed by atoms with Gasteiger partial charge in [0.1, 0.15) is 17.3 Å². The van der Waals surface area contributed by atoms with Gasteiger partial charge in [0.15, 0.2) is 0 Å². The van der Waals surface area contributed by atoms with Crippen LogP contribution in [0.15, 0.2) is 36.5 Å². The molecule has 0 amide bonds. The first-order chi connectivity index (χ1) is 9.67. The highest BCUT2D eigenvalue weighted by molar-refractivity contribution is 6.31. The molecule has 106 valence electrons. The Balaban J connectivity index is 2.50. The van der Waals surface area contributed by atoms with Gasteiger partial charge in [-0.2, -0.15) is 0 Å². The predicted molar refractivity (Wildman–Crippen MR) is 77.7 cm³/mol. The summed E-state index contributed by atoms with van der Waals surface area (Å²) in [6, 6.07) is 7.75. The largest absolute Gasteiger partial charge is 0.495 e. The van der Waals surface area contributed by atoms with Crippen LogP contribution in [-0.4, -0.2) is 18.6 Å². The molecule has 2 aromatic rings. The van der Waals surface area contributed by atoms with Gasteiger partial charge in [0.05, 0.1) is 13.2 Å². The van der Waals surface area contributed by atoms with Crippen LogP contribution in [0.4, 0.5) is 4.39 Å². The Hall–Kier alpha value is -1.65. The number of benzene rings is 1. The highest BCUT2D eigenvalue weighted by atomic mass is 35.5. The van der Waals surface area contributed by atoms with E-state index in [9.17, 15) is 4.39 Å². The molecule has 0 fully saturated rings. The second-order valence-electron chi connectivity index (χ2n) is 4.25. The van der Waals surface area contributed by atoms with Crippen molar-refractivity contribution >= 4 is 11.6 Å². The summed E-state index contributed by atoms with van der Waals surface area (Å²) in [7, 11) is 1.59. The molecule has 0 aliphatic heterocycles. The highest BCUT2D eigenvalue weighted by Gasteiger charge is 2.21. The average molecular weight is 295 g/mol. The molecule has 1 unspecified atom stereocenters. The van der Waals surface area contributed by atoms with Crippen molar-refractivity contribution in [3.05, 3.63) is 58.6 Å². The minimum absolute atomic E-state index is 0.246. The summed E-state index contributed by atoms with van der Waals surface area (Å²) in [5.41, 5.74) is 1.50. The fourth-order valence-corrected chi connectivity index (χ4v) is 2.36. The normalized spacial score (nSPS) is 12.2. The lowest BCUT2D eigenvalue weighted by Crippen LogP contribution is -2.24. The third-order valence-electron chi connectivity index (χ3n) is 2.97. The van der Waals surface area contributed by atoms with Crippen LogP contribution in [0.1, 0.15) is 24.2 Å². The Kier molecular flexibility index (Phi) is 4.93. The van der Waals surface area contributed by atoms with E-state index in [0.29, 0.717) is 10.8 Å². The molecule has 20 heavy (non-hydrogen) atoms. The first-order valence-corrected chi connectivity index (χ1v) is 6.72. The van der Waals surface area contributed by atoms with Crippen molar-refractivity contribution in [2.45, 2.75) is 13.0 Å². The summed E-state index contributed by atoms with van der Waals surface area (Å²) in [5.74, 6) is 0.306. The molecule has 0 saturated heterocycles. The van der Waals surface area contributed by atoms with E-state index < -0.39 is 0 Å². The van der Waals surface area contributed by atoms with Gasteiger partial charge in [-0.1, -0.05) is 24.6 Å². The van der Waals surface area contributed by atoms with Gasteiger partial charge in [-0.25, -0.2) is 4.39 Å². The molecule has 1 aromatic heterocycles. The van der Waals surface area contributed by atoms with Gasteiger partial charge < -0.3 is 10.1 Å². The molecule has 0 radical (unpaired) electrons. The number of pyridine rings is 1. The van der Waals surface area contributed by atoms with E-state index >= 15 is 0 Å². The van der Waals surface area contributed by atoms with Crippen LogP contribution in [0.5, 0.6) is 5.75 Å². The fraction of sp³-hybridized carbons (Fsp3) is 0.267. The molecule has 3 nitrogen and oxygen atoms in total. The van der Waals surface area contributed by atoms with E-state index in [0.717, 1.165) is 17.8 Å². The number of methoxy groups -OCH3 is 1. The number of rotatable bonds is 5. The zero-order valence-electron chi connectivity index (χ0n) is 11.4. The summed E-state index contributed by atoms with van der Waals surface area (Å²) >= 11 is 6.16. The Morgan fingerprint density at radius 3 is 2.85 bits per heavy atom. The van der Waals surface area contributed by atoms with E-state index in [1.807, 2.05) is 13.0 Å². The van der Waals surface area contributed by atoms with Crippen LogP contribution < -0.4 is 10.1 Å². The summed E-state index contributed by atoms with van der Waals surface area (Å²) in [6.07, 6.45) is 1.69. The van der Waals surface area contributed by atoms with Crippen molar-refractivity contribution in [3.8, 4) is 5.75 Å². The molecule has 1 atom stereocenters. The molecule has 0 bridgehead atoms. The quantitative estimate of drug-likeness (QED) is 0.915. The number of ether oxygens (including phenoxy) is 1. The molecular weight excluding hydrogens is 279 g/mol. The Morgan fingerprint density at radius 1 is 1.40 bits per heavy atom. The zero-order chi connectivity index (χ0) is 14.5. The lowest BCUT2D eigenvalue weighted by molar-refractivity contribution is 0.400. The highest BCUT2D eigenvalue weighted by Crippen LogP contribution is 2.32. The van der Waals surface area contributed by atoms with E-state index in [-0.39, 0.29) is 11.9 Å². The maximum atomic E-state index is 13.2. The molecule has 0 aliphatic rings. The van der Waals surface area contributed by atoms with E-state index in [2.05, 4.69) is 10.3 Å². The van der Waals surface area contributed by atoms with Crippen molar-refractivity contribution < 1.29 is 9.13 Å². The van der Waals surface area contributed by atoms with Crippen molar-refractivity contribution in [2.75, 3.05) is 13.7 Å². The molecule has 2 rings (SSSR count). The minimum atomic E-state index is -0.359. The number of halogens is 2. The molecule has 0 spiro atoms. The number of hydrogen-bond donors (Lipinski definition) is 1. The minimum Gasteiger partial charge on any atom is -0.495 e. The van der Waals surface area contributed by atoms with Gasteiger partial charge in [0.25, 0.3) is 0 Å². The van der Waals surface area contributed by atoms with Crippen molar-refractivity contribution in [3.63, 3.8) is 0 Å². The first kappa shape index (κ1) is 14.8. The van der Waals surface area contributed by atoms with E-state index in [1.165, 1.54) is 12.1 Å². The summed E-state index contributed by atoms with van der Waals surface area (Å²) in [5, 5.41) is 3.67. The molecule has 1 aromatic carbocycles. The van der Waals surface area contributed by atoms with Gasteiger partial charge >= 0.3 is 0 Å². The van der Waals surface area contributed by atoms with Gasteiger partial charge in [0, 0.05) is 11.2 Å². The standard InChI is InChI=1S/C15H16ClFN2O/c1-3-18-14(11-7-6-10(17)9-12(11)16)15-13(20-2)5-4-8-19-15/h4-9,14,18H,3H2,1-2H3. The van der Waals surface area contributed by atoms with E-state index in [1.54, 1.807) is 25.4 Å². The second kappa shape index (κ2) is 6.68. The predicted octanol–water partition coefficient (Wildman–Crippen LogP) is 3.58. The van der Waals surface area contributed by atoms with Gasteiger partial charge in [-0.15, -0.1) is 0 Å². The van der Waals surface area contributed by atoms with Crippen LogP contribution in [0.3, 0.4) is 0 Å². The average Bonchev–Trinajstić information content (AvgIpc) is 2.45. The van der Waals surface area contributed by atoms with Gasteiger partial charge in [-0.3, -0.25) is 4.98 Å². The maximum absolute atomic E-state index is 13.2. The third-order valence-corrected chi connectivity index (χ3v) is 3.30. The topological polar surface area (TPSA) is 34.2 Å². The number of nitrogens with one attached hydrogen (secondary N) is 1. The van der Waals surface area contributed by atoms with Crippen LogP contribution in [0.25, 0.3) is 0 Å². The van der Waals surface area contributed by atoms with Gasteiger partial charge in [0.2, 0.25) is 0 Å². The molecular formula is C15H16ClFN2O. The Bertz CT molecular complexity index is 592. The SMILES string of the molecule is CCNC(c1ccc(F)cc1Cl)c1ncccc1OC. The molecule has 0 saturated carbocycles. The lowest BCUT2D eigenvalue weighted by Gasteiger charge is -2.21. The zero-order valence-corrected chi connectivity index (χ0v) is 12.1. The van der Waals surface area contributed by atoms with Crippen LogP contribution in [0, 0.1) is 5.82 Å². The van der Waals surface area contributed by atoms with Crippen LogP contribution >= 0.6 is 11.6 Å². The van der Waals surface area contributed by atoms with Crippen molar-refractivity contribution in [1.29, 1.82) is 0 Å². The number of hydrogen-bond acceptors (Lipinski definition) is 3. The second-order valence-corrected chi connectivity index (χ2v) is 4.65. The Labute approximate surface area is 122 Å². The smallest absolute Gasteiger partial charge is 0.142 e. The maximum Gasteiger partial charge on any atom is 0.142 e. The fourth-order valence-electron chi connectivity index (χ4n) is 2.09. The molecule has 0 aliphatic carbocycles. The molecule has 5 heteroatoms. The van der Waals surface area contributed by atoms with E-state index in [4.69, 9.17) is 16.3 Å². The number of aromatic nitrogens is 1. The Morgan fingerprint density at radius 2 is 2.20 bits per heavy atom. The summed E-state index contributed by atoms with van der Waals surface area (Å²) < 4.78 is 18.5. The van der Waals surface area contributed by atoms with Gasteiger partial charge in [-0.05, 0) is 36.4 Å². The first-order valence-electron chi connectivity index (χ1n) is 6.34. The molecule has 1 heterocycles. The lowest BCUT2D eigenvalue weighted by atomic mass is 10.0. The summed E-state index contributed by atoms with van der Waals surface area (Å²) in [4.78, 5) is 4.37. The van der Waals surface area contributed by atoms with Crippen molar-refractivity contribution in [1.82, 2.24) is 10.3 Å². The number of nitrogens with zero attached hydrogens (tertiary/aromatic N) is 1. The summed E-state index contributed by atoms with van der Waals surface area (Å²) in [6.45, 7) is 2.71. The molecule has 1 N–H and O–H groups in total. The van der Waals surface area contributed by atoms with Crippen LogP contribution in [0.2, 0.25) is 5.02 Å². The van der Waals surface area contributed by atoms with Crippen molar-refractivity contribution in [2.24, 2.45) is 0 Å².